The minimum Gasteiger partial charge on any atom is -0.497 e. The summed E-state index contributed by atoms with van der Waals surface area (Å²) >= 11 is 1.40. The molecule has 0 aliphatic rings. The standard InChI is InChI=1S/C18H18FN3O2S/c1-22-17(13-5-9-15(24-2)10-6-13)20-21-18(22)25-11-16(23)12-3-7-14(19)8-4-12/h3-10,16,23H,11H2,1-2H3. The first-order valence-electron chi connectivity index (χ1n) is 7.68. The molecule has 0 bridgehead atoms. The average Bonchev–Trinajstić information content (AvgIpc) is 3.01. The maximum absolute atomic E-state index is 12.9. The maximum atomic E-state index is 12.9. The lowest BCUT2D eigenvalue weighted by molar-refractivity contribution is 0.204. The summed E-state index contributed by atoms with van der Waals surface area (Å²) < 4.78 is 20.0. The summed E-state index contributed by atoms with van der Waals surface area (Å²) in [5.41, 5.74) is 1.60. The van der Waals surface area contributed by atoms with Gasteiger partial charge in [0.05, 0.1) is 13.2 Å². The molecule has 7 heteroatoms. The van der Waals surface area contributed by atoms with Crippen molar-refractivity contribution in [3.63, 3.8) is 0 Å². The van der Waals surface area contributed by atoms with E-state index in [9.17, 15) is 9.50 Å². The molecule has 0 radical (unpaired) electrons. The first-order valence-corrected chi connectivity index (χ1v) is 8.67. The van der Waals surface area contributed by atoms with E-state index in [0.29, 0.717) is 16.5 Å². The summed E-state index contributed by atoms with van der Waals surface area (Å²) in [6.45, 7) is 0. The number of hydrogen-bond acceptors (Lipinski definition) is 5. The van der Waals surface area contributed by atoms with Gasteiger partial charge in [-0.05, 0) is 42.0 Å². The SMILES string of the molecule is COc1ccc(-c2nnc(SCC(O)c3ccc(F)cc3)n2C)cc1. The molecule has 0 fully saturated rings. The number of hydrogen-bond donors (Lipinski definition) is 1. The van der Waals surface area contributed by atoms with Crippen LogP contribution in [0.2, 0.25) is 0 Å². The van der Waals surface area contributed by atoms with Crippen molar-refractivity contribution in [1.29, 1.82) is 0 Å². The lowest BCUT2D eigenvalue weighted by atomic mass is 10.1. The van der Waals surface area contributed by atoms with Gasteiger partial charge in [0, 0.05) is 18.4 Å². The van der Waals surface area contributed by atoms with Gasteiger partial charge in [-0.3, -0.25) is 0 Å². The van der Waals surface area contributed by atoms with E-state index in [4.69, 9.17) is 4.74 Å². The van der Waals surface area contributed by atoms with Crippen LogP contribution in [0.4, 0.5) is 4.39 Å². The molecular formula is C18H18FN3O2S. The average molecular weight is 359 g/mol. The van der Waals surface area contributed by atoms with E-state index in [2.05, 4.69) is 10.2 Å². The van der Waals surface area contributed by atoms with Crippen LogP contribution in [-0.2, 0) is 7.05 Å². The zero-order valence-corrected chi connectivity index (χ0v) is 14.7. The topological polar surface area (TPSA) is 60.2 Å². The van der Waals surface area contributed by atoms with Crippen molar-refractivity contribution in [3.05, 3.63) is 59.9 Å². The highest BCUT2D eigenvalue weighted by Crippen LogP contribution is 2.27. The van der Waals surface area contributed by atoms with Gasteiger partial charge in [-0.15, -0.1) is 10.2 Å². The molecule has 0 amide bonds. The molecule has 0 aliphatic heterocycles. The Morgan fingerprint density at radius 2 is 1.80 bits per heavy atom. The highest BCUT2D eigenvalue weighted by molar-refractivity contribution is 7.99. The molecule has 2 aromatic carbocycles. The summed E-state index contributed by atoms with van der Waals surface area (Å²) in [5, 5.41) is 19.3. The summed E-state index contributed by atoms with van der Waals surface area (Å²) in [5.74, 6) is 1.60. The van der Waals surface area contributed by atoms with Crippen LogP contribution in [0, 0.1) is 5.82 Å². The third-order valence-electron chi connectivity index (χ3n) is 3.81. The summed E-state index contributed by atoms with van der Waals surface area (Å²) in [6.07, 6.45) is -0.702. The molecular weight excluding hydrogens is 341 g/mol. The number of ether oxygens (including phenoxy) is 1. The fraction of sp³-hybridized carbons (Fsp3) is 0.222. The predicted octanol–water partition coefficient (Wildman–Crippen LogP) is 3.46. The van der Waals surface area contributed by atoms with Crippen molar-refractivity contribution in [2.45, 2.75) is 11.3 Å². The number of nitrogens with zero attached hydrogens (tertiary/aromatic N) is 3. The fourth-order valence-electron chi connectivity index (χ4n) is 2.37. The van der Waals surface area contributed by atoms with Crippen LogP contribution < -0.4 is 4.74 Å². The van der Waals surface area contributed by atoms with Gasteiger partial charge in [0.2, 0.25) is 0 Å². The maximum Gasteiger partial charge on any atom is 0.191 e. The zero-order chi connectivity index (χ0) is 17.8. The van der Waals surface area contributed by atoms with E-state index in [-0.39, 0.29) is 5.82 Å². The van der Waals surface area contributed by atoms with E-state index in [1.165, 1.54) is 23.9 Å². The van der Waals surface area contributed by atoms with Crippen LogP contribution in [0.1, 0.15) is 11.7 Å². The Morgan fingerprint density at radius 3 is 2.44 bits per heavy atom. The van der Waals surface area contributed by atoms with Crippen molar-refractivity contribution in [1.82, 2.24) is 14.8 Å². The molecule has 3 aromatic rings. The quantitative estimate of drug-likeness (QED) is 0.683. The third-order valence-corrected chi connectivity index (χ3v) is 4.90. The van der Waals surface area contributed by atoms with E-state index in [1.54, 1.807) is 19.2 Å². The molecule has 1 aromatic heterocycles. The zero-order valence-electron chi connectivity index (χ0n) is 13.9. The van der Waals surface area contributed by atoms with Gasteiger partial charge in [-0.2, -0.15) is 0 Å². The number of aromatic nitrogens is 3. The van der Waals surface area contributed by atoms with Crippen molar-refractivity contribution in [2.75, 3.05) is 12.9 Å². The van der Waals surface area contributed by atoms with Crippen LogP contribution in [0.3, 0.4) is 0 Å². The Morgan fingerprint density at radius 1 is 1.12 bits per heavy atom. The largest absolute Gasteiger partial charge is 0.497 e. The number of aliphatic hydroxyl groups is 1. The second-order valence-electron chi connectivity index (χ2n) is 5.47. The molecule has 1 N–H and O–H groups in total. The van der Waals surface area contributed by atoms with Crippen LogP contribution in [0.5, 0.6) is 5.75 Å². The number of aliphatic hydroxyl groups excluding tert-OH is 1. The van der Waals surface area contributed by atoms with Gasteiger partial charge < -0.3 is 14.4 Å². The monoisotopic (exact) mass is 359 g/mol. The Hall–Kier alpha value is -2.38. The summed E-state index contributed by atoms with van der Waals surface area (Å²) in [4.78, 5) is 0. The molecule has 1 atom stereocenters. The predicted molar refractivity (Wildman–Crippen MR) is 95.1 cm³/mol. The first-order chi connectivity index (χ1) is 12.1. The highest BCUT2D eigenvalue weighted by atomic mass is 32.2. The molecule has 5 nitrogen and oxygen atoms in total. The second-order valence-corrected chi connectivity index (χ2v) is 6.46. The number of methoxy groups -OCH3 is 1. The molecule has 0 spiro atoms. The molecule has 0 saturated heterocycles. The van der Waals surface area contributed by atoms with Gasteiger partial charge in [0.25, 0.3) is 0 Å². The van der Waals surface area contributed by atoms with Crippen LogP contribution in [-0.4, -0.2) is 32.7 Å². The van der Waals surface area contributed by atoms with Crippen LogP contribution in [0.15, 0.2) is 53.7 Å². The van der Waals surface area contributed by atoms with Gasteiger partial charge in [0.15, 0.2) is 11.0 Å². The normalized spacial score (nSPS) is 12.2. The minimum atomic E-state index is -0.702. The molecule has 0 saturated carbocycles. The molecule has 1 unspecified atom stereocenters. The Balaban J connectivity index is 1.69. The lowest BCUT2D eigenvalue weighted by Crippen LogP contribution is -2.02. The lowest BCUT2D eigenvalue weighted by Gasteiger charge is -2.10. The van der Waals surface area contributed by atoms with E-state index < -0.39 is 6.10 Å². The third kappa shape index (κ3) is 4.00. The Bertz CT molecular complexity index is 835. The van der Waals surface area contributed by atoms with Crippen molar-refractivity contribution in [2.24, 2.45) is 7.05 Å². The minimum absolute atomic E-state index is 0.318. The van der Waals surface area contributed by atoms with Gasteiger partial charge in [-0.25, -0.2) is 4.39 Å². The highest BCUT2D eigenvalue weighted by Gasteiger charge is 2.14. The van der Waals surface area contributed by atoms with Gasteiger partial charge >= 0.3 is 0 Å². The number of rotatable bonds is 6. The van der Waals surface area contributed by atoms with Crippen molar-refractivity contribution >= 4 is 11.8 Å². The number of benzene rings is 2. The van der Waals surface area contributed by atoms with E-state index in [1.807, 2.05) is 35.9 Å². The molecule has 25 heavy (non-hydrogen) atoms. The van der Waals surface area contributed by atoms with Crippen molar-refractivity contribution in [3.8, 4) is 17.1 Å². The summed E-state index contributed by atoms with van der Waals surface area (Å²) in [7, 11) is 3.50. The number of thioether (sulfide) groups is 1. The molecule has 130 valence electrons. The number of halogens is 1. The first kappa shape index (κ1) is 17.4. The molecule has 0 aliphatic carbocycles. The van der Waals surface area contributed by atoms with Gasteiger partial charge in [0.1, 0.15) is 11.6 Å². The Kier molecular flexibility index (Phi) is 5.35. The summed E-state index contributed by atoms with van der Waals surface area (Å²) in [6, 6.07) is 13.4. The molecule has 1 heterocycles. The van der Waals surface area contributed by atoms with Crippen LogP contribution >= 0.6 is 11.8 Å². The smallest absolute Gasteiger partial charge is 0.191 e. The van der Waals surface area contributed by atoms with Crippen LogP contribution in [0.25, 0.3) is 11.4 Å². The fourth-order valence-corrected chi connectivity index (χ4v) is 3.24. The Labute approximate surface area is 149 Å². The molecule has 3 rings (SSSR count). The van der Waals surface area contributed by atoms with Crippen molar-refractivity contribution < 1.29 is 14.2 Å². The second kappa shape index (κ2) is 7.67. The van der Waals surface area contributed by atoms with Gasteiger partial charge in [-0.1, -0.05) is 23.9 Å². The van der Waals surface area contributed by atoms with E-state index >= 15 is 0 Å². The van der Waals surface area contributed by atoms with E-state index in [0.717, 1.165) is 17.1 Å².